The first-order valence-electron chi connectivity index (χ1n) is 6.82. The summed E-state index contributed by atoms with van der Waals surface area (Å²) in [6.45, 7) is 5.65. The quantitative estimate of drug-likeness (QED) is 0.817. The Morgan fingerprint density at radius 2 is 1.86 bits per heavy atom. The van der Waals surface area contributed by atoms with E-state index in [9.17, 15) is 9.59 Å². The maximum atomic E-state index is 11.9. The van der Waals surface area contributed by atoms with Gasteiger partial charge in [0.2, 0.25) is 0 Å². The van der Waals surface area contributed by atoms with Crippen molar-refractivity contribution in [3.63, 3.8) is 0 Å². The number of hydrogen-bond acceptors (Lipinski definition) is 4. The third kappa shape index (κ3) is 6.49. The van der Waals surface area contributed by atoms with E-state index in [1.165, 1.54) is 0 Å². The van der Waals surface area contributed by atoms with E-state index in [0.29, 0.717) is 23.6 Å². The van der Waals surface area contributed by atoms with Crippen molar-refractivity contribution in [2.45, 2.75) is 39.3 Å². The molecule has 0 spiro atoms. The van der Waals surface area contributed by atoms with Gasteiger partial charge in [0.05, 0.1) is 12.2 Å². The van der Waals surface area contributed by atoms with Gasteiger partial charge in [0.25, 0.3) is 0 Å². The molecule has 0 heterocycles. The second kappa shape index (κ2) is 8.52. The number of carbonyl (C=O) groups excluding carboxylic acids is 2. The number of amides is 1. The molecule has 0 radical (unpaired) electrons. The molecule has 116 valence electrons. The standard InChI is InChI=1S/C15H20ClNO4/c1-4-20-15(19)17-10(2)9-11(3)21-14(18)12-5-7-13(16)8-6-12/h5-8,10-11H,4,9H2,1-3H3,(H,17,19). The molecule has 1 N–H and O–H groups in total. The lowest BCUT2D eigenvalue weighted by atomic mass is 10.1. The Bertz CT molecular complexity index is 475. The summed E-state index contributed by atoms with van der Waals surface area (Å²) in [4.78, 5) is 23.2. The van der Waals surface area contributed by atoms with Crippen LogP contribution in [0.5, 0.6) is 0 Å². The van der Waals surface area contributed by atoms with Crippen LogP contribution in [0.3, 0.4) is 0 Å². The van der Waals surface area contributed by atoms with Crippen molar-refractivity contribution >= 4 is 23.7 Å². The molecule has 0 bridgehead atoms. The first-order valence-corrected chi connectivity index (χ1v) is 7.20. The molecule has 0 saturated heterocycles. The highest BCUT2D eigenvalue weighted by molar-refractivity contribution is 6.30. The van der Waals surface area contributed by atoms with Crippen LogP contribution in [0.2, 0.25) is 5.02 Å². The van der Waals surface area contributed by atoms with E-state index in [1.54, 1.807) is 38.1 Å². The lowest BCUT2D eigenvalue weighted by Crippen LogP contribution is -2.36. The van der Waals surface area contributed by atoms with Gasteiger partial charge >= 0.3 is 12.1 Å². The molecular weight excluding hydrogens is 294 g/mol. The predicted molar refractivity (Wildman–Crippen MR) is 80.6 cm³/mol. The predicted octanol–water partition coefficient (Wildman–Crippen LogP) is 3.41. The van der Waals surface area contributed by atoms with E-state index in [-0.39, 0.29) is 12.1 Å². The monoisotopic (exact) mass is 313 g/mol. The number of esters is 1. The van der Waals surface area contributed by atoms with Gasteiger partial charge in [0, 0.05) is 17.5 Å². The Kier molecular flexibility index (Phi) is 7.02. The van der Waals surface area contributed by atoms with Gasteiger partial charge in [-0.05, 0) is 45.0 Å². The Balaban J connectivity index is 2.42. The molecule has 2 atom stereocenters. The zero-order valence-corrected chi connectivity index (χ0v) is 13.1. The van der Waals surface area contributed by atoms with Crippen LogP contribution in [0.25, 0.3) is 0 Å². The average molecular weight is 314 g/mol. The molecule has 21 heavy (non-hydrogen) atoms. The summed E-state index contributed by atoms with van der Waals surface area (Å²) in [5, 5.41) is 3.22. The molecule has 5 nitrogen and oxygen atoms in total. The molecule has 1 aromatic rings. The lowest BCUT2D eigenvalue weighted by molar-refractivity contribution is 0.0307. The third-order valence-corrected chi connectivity index (χ3v) is 2.97. The van der Waals surface area contributed by atoms with Crippen LogP contribution in [0.1, 0.15) is 37.6 Å². The smallest absolute Gasteiger partial charge is 0.407 e. The first-order chi connectivity index (χ1) is 9.92. The van der Waals surface area contributed by atoms with Crippen molar-refractivity contribution in [2.75, 3.05) is 6.61 Å². The second-order valence-corrected chi connectivity index (χ2v) is 5.16. The number of ether oxygens (including phenoxy) is 2. The van der Waals surface area contributed by atoms with Crippen molar-refractivity contribution < 1.29 is 19.1 Å². The number of benzene rings is 1. The van der Waals surface area contributed by atoms with E-state index in [1.807, 2.05) is 6.92 Å². The van der Waals surface area contributed by atoms with Gasteiger partial charge in [-0.25, -0.2) is 9.59 Å². The topological polar surface area (TPSA) is 64.6 Å². The fourth-order valence-electron chi connectivity index (χ4n) is 1.82. The lowest BCUT2D eigenvalue weighted by Gasteiger charge is -2.18. The summed E-state index contributed by atoms with van der Waals surface area (Å²) < 4.78 is 10.1. The highest BCUT2D eigenvalue weighted by atomic mass is 35.5. The van der Waals surface area contributed by atoms with Crippen molar-refractivity contribution in [1.29, 1.82) is 0 Å². The summed E-state index contributed by atoms with van der Waals surface area (Å²) in [5.74, 6) is -0.414. The molecule has 0 aliphatic rings. The normalized spacial score (nSPS) is 13.1. The molecule has 1 rings (SSSR count). The van der Waals surface area contributed by atoms with E-state index in [4.69, 9.17) is 21.1 Å². The minimum absolute atomic E-state index is 0.155. The molecule has 6 heteroatoms. The van der Waals surface area contributed by atoms with Crippen molar-refractivity contribution in [2.24, 2.45) is 0 Å². The Morgan fingerprint density at radius 3 is 2.43 bits per heavy atom. The van der Waals surface area contributed by atoms with Crippen molar-refractivity contribution in [3.8, 4) is 0 Å². The third-order valence-electron chi connectivity index (χ3n) is 2.71. The fourth-order valence-corrected chi connectivity index (χ4v) is 1.94. The number of hydrogen-bond donors (Lipinski definition) is 1. The van der Waals surface area contributed by atoms with Crippen LogP contribution in [-0.2, 0) is 9.47 Å². The molecule has 0 aliphatic carbocycles. The Hall–Kier alpha value is -1.75. The van der Waals surface area contributed by atoms with Gasteiger partial charge in [0.15, 0.2) is 0 Å². The minimum atomic E-state index is -0.471. The maximum absolute atomic E-state index is 11.9. The van der Waals surface area contributed by atoms with Crippen LogP contribution < -0.4 is 5.32 Å². The van der Waals surface area contributed by atoms with Crippen LogP contribution in [0, 0.1) is 0 Å². The summed E-state index contributed by atoms with van der Waals surface area (Å²) in [7, 11) is 0. The molecule has 0 aromatic heterocycles. The van der Waals surface area contributed by atoms with Crippen LogP contribution in [-0.4, -0.2) is 30.8 Å². The molecule has 0 fully saturated rings. The van der Waals surface area contributed by atoms with E-state index >= 15 is 0 Å². The Morgan fingerprint density at radius 1 is 1.24 bits per heavy atom. The highest BCUT2D eigenvalue weighted by Gasteiger charge is 2.16. The van der Waals surface area contributed by atoms with E-state index in [0.717, 1.165) is 0 Å². The van der Waals surface area contributed by atoms with Crippen molar-refractivity contribution in [1.82, 2.24) is 5.32 Å². The largest absolute Gasteiger partial charge is 0.459 e. The molecular formula is C15H20ClNO4. The van der Waals surface area contributed by atoms with E-state index < -0.39 is 12.1 Å². The van der Waals surface area contributed by atoms with Crippen LogP contribution >= 0.6 is 11.6 Å². The van der Waals surface area contributed by atoms with Gasteiger partial charge in [0.1, 0.15) is 6.10 Å². The summed E-state index contributed by atoms with van der Waals surface area (Å²) in [5.41, 5.74) is 0.442. The second-order valence-electron chi connectivity index (χ2n) is 4.72. The maximum Gasteiger partial charge on any atom is 0.407 e. The van der Waals surface area contributed by atoms with Crippen molar-refractivity contribution in [3.05, 3.63) is 34.9 Å². The summed E-state index contributed by atoms with van der Waals surface area (Å²) >= 11 is 5.76. The molecule has 0 saturated carbocycles. The van der Waals surface area contributed by atoms with Crippen LogP contribution in [0.4, 0.5) is 4.79 Å². The number of halogens is 1. The summed E-state index contributed by atoms with van der Waals surface area (Å²) in [6, 6.07) is 6.33. The minimum Gasteiger partial charge on any atom is -0.459 e. The zero-order chi connectivity index (χ0) is 15.8. The van der Waals surface area contributed by atoms with Gasteiger partial charge in [-0.3, -0.25) is 0 Å². The summed E-state index contributed by atoms with van der Waals surface area (Å²) in [6.07, 6.45) is -0.302. The van der Waals surface area contributed by atoms with Crippen LogP contribution in [0.15, 0.2) is 24.3 Å². The fraction of sp³-hybridized carbons (Fsp3) is 0.467. The van der Waals surface area contributed by atoms with Gasteiger partial charge in [-0.1, -0.05) is 11.6 Å². The molecule has 2 unspecified atom stereocenters. The van der Waals surface area contributed by atoms with E-state index in [2.05, 4.69) is 5.32 Å². The SMILES string of the molecule is CCOC(=O)NC(C)CC(C)OC(=O)c1ccc(Cl)cc1. The highest BCUT2D eigenvalue weighted by Crippen LogP contribution is 2.12. The zero-order valence-electron chi connectivity index (χ0n) is 12.4. The van der Waals surface area contributed by atoms with Gasteiger partial charge in [-0.15, -0.1) is 0 Å². The molecule has 0 aliphatic heterocycles. The number of nitrogens with one attached hydrogen (secondary N) is 1. The molecule has 1 aromatic carbocycles. The number of carbonyl (C=O) groups is 2. The number of alkyl carbamates (subject to hydrolysis) is 1. The first kappa shape index (κ1) is 17.3. The Labute approximate surface area is 129 Å². The number of rotatable bonds is 6. The van der Waals surface area contributed by atoms with Gasteiger partial charge < -0.3 is 14.8 Å². The average Bonchev–Trinajstić information content (AvgIpc) is 2.38. The van der Waals surface area contributed by atoms with Gasteiger partial charge in [-0.2, -0.15) is 0 Å². The molecule has 1 amide bonds.